The fraction of sp³-hybridized carbons (Fsp3) is 0.267. The molecule has 3 rings (SSSR count). The average Bonchev–Trinajstić information content (AvgIpc) is 2.69. The van der Waals surface area contributed by atoms with Crippen LogP contribution in [0.25, 0.3) is 0 Å². The van der Waals surface area contributed by atoms with Crippen molar-refractivity contribution in [2.45, 2.75) is 19.3 Å². The van der Waals surface area contributed by atoms with Gasteiger partial charge < -0.3 is 10.6 Å². The Hall–Kier alpha value is -2.01. The Labute approximate surface area is 123 Å². The topological polar surface area (TPSA) is 55.0 Å². The summed E-state index contributed by atoms with van der Waals surface area (Å²) in [4.78, 5) is 2.54. The van der Waals surface area contributed by atoms with Gasteiger partial charge in [-0.2, -0.15) is 5.10 Å². The Kier molecular flexibility index (Phi) is 3.60. The molecule has 1 aromatic carbocycles. The molecule has 0 atom stereocenters. The number of hydrogen-bond acceptors (Lipinski definition) is 4. The zero-order chi connectivity index (χ0) is 13.9. The van der Waals surface area contributed by atoms with Crippen LogP contribution < -0.4 is 10.6 Å². The highest BCUT2D eigenvalue weighted by molar-refractivity contribution is 7.80. The lowest BCUT2D eigenvalue weighted by Gasteiger charge is -2.25. The van der Waals surface area contributed by atoms with Gasteiger partial charge in [0.2, 0.25) is 0 Å². The monoisotopic (exact) mass is 284 g/mol. The van der Waals surface area contributed by atoms with Crippen LogP contribution in [0, 0.1) is 0 Å². The summed E-state index contributed by atoms with van der Waals surface area (Å²) in [5.74, 6) is 0.759. The standard InChI is InChI=1S/C15H16N4S/c16-14(20)12-8-9-17-18-15(12)19-10-4-3-6-11-5-1-2-7-13(11)19/h1-2,5,7-9H,3-4,6,10H2,(H2,16,20). The van der Waals surface area contributed by atoms with Crippen LogP contribution in [-0.2, 0) is 6.42 Å². The van der Waals surface area contributed by atoms with E-state index in [4.69, 9.17) is 18.0 Å². The van der Waals surface area contributed by atoms with E-state index in [0.717, 1.165) is 30.8 Å². The third-order valence-electron chi connectivity index (χ3n) is 3.58. The summed E-state index contributed by atoms with van der Waals surface area (Å²) in [7, 11) is 0. The van der Waals surface area contributed by atoms with Crippen LogP contribution >= 0.6 is 12.2 Å². The molecule has 2 aromatic rings. The number of rotatable bonds is 2. The van der Waals surface area contributed by atoms with E-state index >= 15 is 0 Å². The second kappa shape index (κ2) is 5.54. The SMILES string of the molecule is NC(=S)c1ccnnc1N1CCCCc2ccccc21. The first kappa shape index (κ1) is 13.0. The molecule has 0 aliphatic carbocycles. The highest BCUT2D eigenvalue weighted by Crippen LogP contribution is 2.32. The minimum Gasteiger partial charge on any atom is -0.389 e. The molecule has 2 heterocycles. The predicted molar refractivity (Wildman–Crippen MR) is 84.3 cm³/mol. The predicted octanol–water partition coefficient (Wildman–Crippen LogP) is 2.59. The van der Waals surface area contributed by atoms with Crippen molar-refractivity contribution in [3.05, 3.63) is 47.7 Å². The molecule has 0 radical (unpaired) electrons. The lowest BCUT2D eigenvalue weighted by molar-refractivity contribution is 0.754. The zero-order valence-electron chi connectivity index (χ0n) is 11.1. The molecule has 0 saturated carbocycles. The highest BCUT2D eigenvalue weighted by atomic mass is 32.1. The Balaban J connectivity index is 2.13. The van der Waals surface area contributed by atoms with Gasteiger partial charge in [-0.1, -0.05) is 30.4 Å². The quantitative estimate of drug-likeness (QED) is 0.859. The Morgan fingerprint density at radius 2 is 2.05 bits per heavy atom. The third-order valence-corrected chi connectivity index (χ3v) is 3.80. The number of thiocarbonyl (C=S) groups is 1. The number of aromatic nitrogens is 2. The van der Waals surface area contributed by atoms with Gasteiger partial charge in [0.15, 0.2) is 5.82 Å². The fourth-order valence-corrected chi connectivity index (χ4v) is 2.79. The molecule has 1 aliphatic heterocycles. The van der Waals surface area contributed by atoms with Gasteiger partial charge in [-0.25, -0.2) is 0 Å². The van der Waals surface area contributed by atoms with Crippen LogP contribution in [0.15, 0.2) is 36.5 Å². The van der Waals surface area contributed by atoms with Crippen molar-refractivity contribution in [2.24, 2.45) is 5.73 Å². The van der Waals surface area contributed by atoms with Crippen molar-refractivity contribution in [3.63, 3.8) is 0 Å². The van der Waals surface area contributed by atoms with Crippen LogP contribution in [0.2, 0.25) is 0 Å². The molecule has 0 spiro atoms. The molecule has 0 bridgehead atoms. The van der Waals surface area contributed by atoms with Crippen molar-refractivity contribution in [1.29, 1.82) is 0 Å². The fourth-order valence-electron chi connectivity index (χ4n) is 2.63. The van der Waals surface area contributed by atoms with E-state index in [1.54, 1.807) is 6.20 Å². The maximum Gasteiger partial charge on any atom is 0.165 e. The molecular weight excluding hydrogens is 268 g/mol. The lowest BCUT2D eigenvalue weighted by Crippen LogP contribution is -2.24. The van der Waals surface area contributed by atoms with Gasteiger partial charge in [0.1, 0.15) is 4.99 Å². The van der Waals surface area contributed by atoms with Crippen LogP contribution in [-0.4, -0.2) is 21.7 Å². The largest absolute Gasteiger partial charge is 0.389 e. The zero-order valence-corrected chi connectivity index (χ0v) is 11.9. The van der Waals surface area contributed by atoms with Crippen molar-refractivity contribution in [2.75, 3.05) is 11.4 Å². The maximum atomic E-state index is 5.82. The van der Waals surface area contributed by atoms with Crippen molar-refractivity contribution < 1.29 is 0 Å². The Morgan fingerprint density at radius 3 is 2.90 bits per heavy atom. The maximum absolute atomic E-state index is 5.82. The van der Waals surface area contributed by atoms with Crippen LogP contribution in [0.5, 0.6) is 0 Å². The van der Waals surface area contributed by atoms with E-state index < -0.39 is 0 Å². The number of benzene rings is 1. The van der Waals surface area contributed by atoms with E-state index in [1.165, 1.54) is 17.7 Å². The first-order chi connectivity index (χ1) is 9.77. The summed E-state index contributed by atoms with van der Waals surface area (Å²) >= 11 is 5.13. The first-order valence-electron chi connectivity index (χ1n) is 6.74. The van der Waals surface area contributed by atoms with E-state index in [2.05, 4.69) is 33.3 Å². The van der Waals surface area contributed by atoms with Crippen LogP contribution in [0.4, 0.5) is 11.5 Å². The highest BCUT2D eigenvalue weighted by Gasteiger charge is 2.20. The number of para-hydroxylation sites is 1. The van der Waals surface area contributed by atoms with Crippen LogP contribution in [0.1, 0.15) is 24.0 Å². The minimum atomic E-state index is 0.358. The van der Waals surface area contributed by atoms with E-state index in [9.17, 15) is 0 Å². The lowest BCUT2D eigenvalue weighted by atomic mass is 10.1. The van der Waals surface area contributed by atoms with Crippen LogP contribution in [0.3, 0.4) is 0 Å². The minimum absolute atomic E-state index is 0.358. The second-order valence-electron chi connectivity index (χ2n) is 4.87. The summed E-state index contributed by atoms with van der Waals surface area (Å²) in [5, 5.41) is 8.27. The smallest absolute Gasteiger partial charge is 0.165 e. The second-order valence-corrected chi connectivity index (χ2v) is 5.31. The molecular formula is C15H16N4S. The first-order valence-corrected chi connectivity index (χ1v) is 7.15. The number of anilines is 2. The van der Waals surface area contributed by atoms with Gasteiger partial charge in [-0.3, -0.25) is 0 Å². The molecule has 20 heavy (non-hydrogen) atoms. The third kappa shape index (κ3) is 2.36. The molecule has 1 aliphatic rings. The molecule has 0 unspecified atom stereocenters. The summed E-state index contributed by atoms with van der Waals surface area (Å²) in [6, 6.07) is 10.3. The Morgan fingerprint density at radius 1 is 1.20 bits per heavy atom. The van der Waals surface area contributed by atoms with Gasteiger partial charge in [-0.15, -0.1) is 5.10 Å². The number of aryl methyl sites for hydroxylation is 1. The van der Waals surface area contributed by atoms with Crippen molar-refractivity contribution >= 4 is 28.7 Å². The number of nitrogens with two attached hydrogens (primary N) is 1. The molecule has 0 saturated heterocycles. The van der Waals surface area contributed by atoms with Crippen molar-refractivity contribution in [3.8, 4) is 0 Å². The molecule has 102 valence electrons. The van der Waals surface area contributed by atoms with Crippen molar-refractivity contribution in [1.82, 2.24) is 10.2 Å². The number of hydrogen-bond donors (Lipinski definition) is 1. The molecule has 0 fully saturated rings. The van der Waals surface area contributed by atoms with Gasteiger partial charge in [0.05, 0.1) is 11.8 Å². The number of fused-ring (bicyclic) bond motifs is 1. The molecule has 0 amide bonds. The van der Waals surface area contributed by atoms with E-state index in [0.29, 0.717) is 4.99 Å². The van der Waals surface area contributed by atoms with Gasteiger partial charge >= 0.3 is 0 Å². The summed E-state index contributed by atoms with van der Waals surface area (Å²) in [6.45, 7) is 0.908. The normalized spacial score (nSPS) is 14.5. The Bertz CT molecular complexity index is 641. The summed E-state index contributed by atoms with van der Waals surface area (Å²) in [5.41, 5.74) is 9.12. The van der Waals surface area contributed by atoms with Gasteiger partial charge in [-0.05, 0) is 37.0 Å². The van der Waals surface area contributed by atoms with Gasteiger partial charge in [0.25, 0.3) is 0 Å². The summed E-state index contributed by atoms with van der Waals surface area (Å²) < 4.78 is 0. The van der Waals surface area contributed by atoms with E-state index in [-0.39, 0.29) is 0 Å². The average molecular weight is 284 g/mol. The number of nitrogens with zero attached hydrogens (tertiary/aromatic N) is 3. The summed E-state index contributed by atoms with van der Waals surface area (Å²) in [6.07, 6.45) is 5.01. The molecule has 4 nitrogen and oxygen atoms in total. The van der Waals surface area contributed by atoms with Gasteiger partial charge in [0, 0.05) is 12.2 Å². The molecule has 1 aromatic heterocycles. The van der Waals surface area contributed by atoms with E-state index in [1.807, 2.05) is 12.1 Å². The molecule has 2 N–H and O–H groups in total. The molecule has 5 heteroatoms.